The first-order valence-electron chi connectivity index (χ1n) is 5.70. The monoisotopic (exact) mass is 228 g/mol. The van der Waals surface area contributed by atoms with E-state index in [1.165, 1.54) is 0 Å². The molecule has 1 saturated heterocycles. The SMILES string of the molecule is CC(NC(=O)C1CCNC1C)C(C)C(=O)O. The summed E-state index contributed by atoms with van der Waals surface area (Å²) in [4.78, 5) is 22.6. The average Bonchev–Trinajstić information content (AvgIpc) is 2.62. The zero-order valence-corrected chi connectivity index (χ0v) is 9.99. The quantitative estimate of drug-likeness (QED) is 0.642. The third-order valence-electron chi connectivity index (χ3n) is 3.37. The van der Waals surface area contributed by atoms with Gasteiger partial charge in [-0.25, -0.2) is 0 Å². The Morgan fingerprint density at radius 3 is 2.50 bits per heavy atom. The van der Waals surface area contributed by atoms with E-state index in [4.69, 9.17) is 5.11 Å². The van der Waals surface area contributed by atoms with E-state index in [-0.39, 0.29) is 23.9 Å². The number of carboxylic acids is 1. The van der Waals surface area contributed by atoms with Crippen LogP contribution < -0.4 is 10.6 Å². The second-order valence-electron chi connectivity index (χ2n) is 4.56. The van der Waals surface area contributed by atoms with Gasteiger partial charge in [-0.2, -0.15) is 0 Å². The third kappa shape index (κ3) is 2.95. The molecular weight excluding hydrogens is 208 g/mol. The van der Waals surface area contributed by atoms with Crippen molar-refractivity contribution in [2.45, 2.75) is 39.3 Å². The maximum absolute atomic E-state index is 11.8. The molecule has 5 heteroatoms. The van der Waals surface area contributed by atoms with Gasteiger partial charge in [0.25, 0.3) is 0 Å². The maximum atomic E-state index is 11.8. The van der Waals surface area contributed by atoms with Gasteiger partial charge in [0.05, 0.1) is 11.8 Å². The van der Waals surface area contributed by atoms with E-state index in [9.17, 15) is 9.59 Å². The molecule has 0 bridgehead atoms. The number of amides is 1. The molecule has 0 aromatic carbocycles. The van der Waals surface area contributed by atoms with Crippen LogP contribution in [0.15, 0.2) is 0 Å². The number of carbonyl (C=O) groups excluding carboxylic acids is 1. The number of hydrogen-bond donors (Lipinski definition) is 3. The topological polar surface area (TPSA) is 78.4 Å². The Kier molecular flexibility index (Phi) is 4.29. The van der Waals surface area contributed by atoms with Gasteiger partial charge in [-0.1, -0.05) is 0 Å². The molecule has 5 nitrogen and oxygen atoms in total. The van der Waals surface area contributed by atoms with Crippen molar-refractivity contribution in [2.75, 3.05) is 6.54 Å². The highest BCUT2D eigenvalue weighted by atomic mass is 16.4. The van der Waals surface area contributed by atoms with Crippen LogP contribution in [0.4, 0.5) is 0 Å². The number of aliphatic carboxylic acids is 1. The molecule has 92 valence electrons. The maximum Gasteiger partial charge on any atom is 0.308 e. The van der Waals surface area contributed by atoms with Crippen LogP contribution in [0.2, 0.25) is 0 Å². The predicted molar refractivity (Wildman–Crippen MR) is 60.0 cm³/mol. The largest absolute Gasteiger partial charge is 0.481 e. The van der Waals surface area contributed by atoms with E-state index in [1.54, 1.807) is 13.8 Å². The first kappa shape index (κ1) is 13.0. The normalized spacial score (nSPS) is 28.4. The molecule has 0 aliphatic carbocycles. The van der Waals surface area contributed by atoms with Crippen molar-refractivity contribution < 1.29 is 14.7 Å². The van der Waals surface area contributed by atoms with Crippen LogP contribution in [-0.4, -0.2) is 35.6 Å². The van der Waals surface area contributed by atoms with E-state index >= 15 is 0 Å². The molecule has 1 rings (SSSR count). The van der Waals surface area contributed by atoms with E-state index in [2.05, 4.69) is 10.6 Å². The summed E-state index contributed by atoms with van der Waals surface area (Å²) in [6, 6.07) is -0.162. The predicted octanol–water partition coefficient (Wildman–Crippen LogP) is 0.210. The van der Waals surface area contributed by atoms with Crippen molar-refractivity contribution in [3.63, 3.8) is 0 Å². The molecule has 1 amide bonds. The van der Waals surface area contributed by atoms with Gasteiger partial charge in [0, 0.05) is 12.1 Å². The van der Waals surface area contributed by atoms with Crippen LogP contribution in [-0.2, 0) is 9.59 Å². The van der Waals surface area contributed by atoms with E-state index < -0.39 is 11.9 Å². The molecule has 0 spiro atoms. The molecule has 4 atom stereocenters. The Morgan fingerprint density at radius 1 is 1.44 bits per heavy atom. The molecule has 16 heavy (non-hydrogen) atoms. The zero-order valence-electron chi connectivity index (χ0n) is 9.99. The highest BCUT2D eigenvalue weighted by molar-refractivity contribution is 5.81. The fourth-order valence-electron chi connectivity index (χ4n) is 1.89. The molecule has 0 saturated carbocycles. The van der Waals surface area contributed by atoms with E-state index in [1.807, 2.05) is 6.92 Å². The minimum Gasteiger partial charge on any atom is -0.481 e. The van der Waals surface area contributed by atoms with Crippen LogP contribution in [0.5, 0.6) is 0 Å². The van der Waals surface area contributed by atoms with Gasteiger partial charge in [0.15, 0.2) is 0 Å². The van der Waals surface area contributed by atoms with Gasteiger partial charge in [0.1, 0.15) is 0 Å². The van der Waals surface area contributed by atoms with Gasteiger partial charge in [-0.15, -0.1) is 0 Å². The lowest BCUT2D eigenvalue weighted by Gasteiger charge is -2.21. The molecule has 3 N–H and O–H groups in total. The molecule has 1 aliphatic rings. The Bertz CT molecular complexity index is 280. The van der Waals surface area contributed by atoms with Gasteiger partial charge in [-0.3, -0.25) is 9.59 Å². The summed E-state index contributed by atoms with van der Waals surface area (Å²) in [5, 5.41) is 14.8. The minimum atomic E-state index is -0.884. The molecule has 0 aromatic heterocycles. The molecular formula is C11H20N2O3. The van der Waals surface area contributed by atoms with Crippen molar-refractivity contribution in [3.05, 3.63) is 0 Å². The molecule has 0 radical (unpaired) electrons. The van der Waals surface area contributed by atoms with Gasteiger partial charge >= 0.3 is 5.97 Å². The summed E-state index contributed by atoms with van der Waals surface area (Å²) < 4.78 is 0. The molecule has 1 heterocycles. The minimum absolute atomic E-state index is 0.0385. The zero-order chi connectivity index (χ0) is 12.3. The van der Waals surface area contributed by atoms with Crippen molar-refractivity contribution in [3.8, 4) is 0 Å². The summed E-state index contributed by atoms with van der Waals surface area (Å²) in [5.74, 6) is -1.53. The summed E-state index contributed by atoms with van der Waals surface area (Å²) in [5.41, 5.74) is 0. The number of carboxylic acid groups (broad SMARTS) is 1. The summed E-state index contributed by atoms with van der Waals surface area (Å²) in [7, 11) is 0. The second kappa shape index (κ2) is 5.30. The van der Waals surface area contributed by atoms with Crippen molar-refractivity contribution >= 4 is 11.9 Å². The Hall–Kier alpha value is -1.10. The van der Waals surface area contributed by atoms with Gasteiger partial charge in [-0.05, 0) is 33.7 Å². The van der Waals surface area contributed by atoms with Crippen LogP contribution in [0.3, 0.4) is 0 Å². The smallest absolute Gasteiger partial charge is 0.308 e. The average molecular weight is 228 g/mol. The third-order valence-corrected chi connectivity index (χ3v) is 3.37. The van der Waals surface area contributed by atoms with Crippen LogP contribution in [0.1, 0.15) is 27.2 Å². The summed E-state index contributed by atoms with van der Waals surface area (Å²) in [6.07, 6.45) is 0.821. The molecule has 1 fully saturated rings. The van der Waals surface area contributed by atoms with Gasteiger partial charge in [0.2, 0.25) is 5.91 Å². The van der Waals surface area contributed by atoms with E-state index in [0.29, 0.717) is 0 Å². The van der Waals surface area contributed by atoms with E-state index in [0.717, 1.165) is 13.0 Å². The van der Waals surface area contributed by atoms with Crippen molar-refractivity contribution in [1.82, 2.24) is 10.6 Å². The number of hydrogen-bond acceptors (Lipinski definition) is 3. The highest BCUT2D eigenvalue weighted by Crippen LogP contribution is 2.16. The number of carbonyl (C=O) groups is 2. The number of nitrogens with one attached hydrogen (secondary N) is 2. The van der Waals surface area contributed by atoms with Crippen LogP contribution >= 0.6 is 0 Å². The summed E-state index contributed by atoms with van der Waals surface area (Å²) in [6.45, 7) is 6.15. The first-order valence-corrected chi connectivity index (χ1v) is 5.70. The van der Waals surface area contributed by atoms with Crippen LogP contribution in [0, 0.1) is 11.8 Å². The lowest BCUT2D eigenvalue weighted by Crippen LogP contribution is -2.45. The fraction of sp³-hybridized carbons (Fsp3) is 0.818. The lowest BCUT2D eigenvalue weighted by molar-refractivity contribution is -0.142. The first-order chi connectivity index (χ1) is 7.43. The molecule has 0 aromatic rings. The Balaban J connectivity index is 2.47. The fourth-order valence-corrected chi connectivity index (χ4v) is 1.89. The summed E-state index contributed by atoms with van der Waals surface area (Å²) >= 11 is 0. The molecule has 1 aliphatic heterocycles. The Morgan fingerprint density at radius 2 is 2.06 bits per heavy atom. The standard InChI is InChI=1S/C11H20N2O3/c1-6(11(15)16)7(2)13-10(14)9-4-5-12-8(9)3/h6-9,12H,4-5H2,1-3H3,(H,13,14)(H,15,16). The number of rotatable bonds is 4. The lowest BCUT2D eigenvalue weighted by atomic mass is 9.98. The Labute approximate surface area is 95.6 Å². The van der Waals surface area contributed by atoms with Gasteiger partial charge < -0.3 is 15.7 Å². The molecule has 4 unspecified atom stereocenters. The van der Waals surface area contributed by atoms with Crippen molar-refractivity contribution in [1.29, 1.82) is 0 Å². The highest BCUT2D eigenvalue weighted by Gasteiger charge is 2.31. The van der Waals surface area contributed by atoms with Crippen molar-refractivity contribution in [2.24, 2.45) is 11.8 Å². The second-order valence-corrected chi connectivity index (χ2v) is 4.56. The van der Waals surface area contributed by atoms with Crippen LogP contribution in [0.25, 0.3) is 0 Å².